The second-order valence-electron chi connectivity index (χ2n) is 5.12. The minimum atomic E-state index is 0.518. The van der Waals surface area contributed by atoms with Crippen molar-refractivity contribution in [2.24, 2.45) is 17.4 Å². The van der Waals surface area contributed by atoms with Crippen LogP contribution in [-0.2, 0) is 13.6 Å². The minimum absolute atomic E-state index is 0.518. The van der Waals surface area contributed by atoms with E-state index in [2.05, 4.69) is 20.7 Å². The highest BCUT2D eigenvalue weighted by molar-refractivity contribution is 6.36. The van der Waals surface area contributed by atoms with Crippen LogP contribution in [0.1, 0.15) is 5.69 Å². The van der Waals surface area contributed by atoms with Gasteiger partial charge >= 0.3 is 0 Å². The van der Waals surface area contributed by atoms with Crippen LogP contribution in [0.15, 0.2) is 46.7 Å². The molecule has 0 atom stereocenters. The third-order valence-electron chi connectivity index (χ3n) is 3.69. The second-order valence-corrected chi connectivity index (χ2v) is 5.97. The van der Waals surface area contributed by atoms with Crippen LogP contribution >= 0.6 is 23.2 Å². The van der Waals surface area contributed by atoms with Crippen molar-refractivity contribution in [2.45, 2.75) is 6.54 Å². The number of hydrogen-bond donors (Lipinski definition) is 2. The first-order valence-electron chi connectivity index (χ1n) is 7.13. The van der Waals surface area contributed by atoms with E-state index in [1.165, 1.54) is 6.34 Å². The Morgan fingerprint density at radius 2 is 2.08 bits per heavy atom. The molecule has 0 aliphatic rings. The lowest BCUT2D eigenvalue weighted by Crippen LogP contribution is -2.13. The van der Waals surface area contributed by atoms with Gasteiger partial charge in [-0.05, 0) is 12.1 Å². The largest absolute Gasteiger partial charge is 0.369 e. The zero-order valence-electron chi connectivity index (χ0n) is 12.8. The first-order chi connectivity index (χ1) is 11.6. The van der Waals surface area contributed by atoms with Crippen LogP contribution in [0, 0.1) is 5.53 Å². The zero-order valence-corrected chi connectivity index (χ0v) is 14.3. The van der Waals surface area contributed by atoms with Gasteiger partial charge in [-0.15, -0.1) is 5.10 Å². The first kappa shape index (κ1) is 16.4. The molecule has 3 aromatic rings. The molecule has 1 heterocycles. The van der Waals surface area contributed by atoms with E-state index in [9.17, 15) is 0 Å². The standard InChI is InChI=1S/C16H14Cl2N6/c1-24-15(8-20-9-21-23-19)13-4-2-3-12(16(13)22-24)11-6-5-10(17)7-14(11)18/h2-7,9H,8H2,1H3,(H2,19,20,21). The van der Waals surface area contributed by atoms with Crippen molar-refractivity contribution in [3.05, 3.63) is 52.1 Å². The predicted molar refractivity (Wildman–Crippen MR) is 96.6 cm³/mol. The van der Waals surface area contributed by atoms with E-state index in [4.69, 9.17) is 28.7 Å². The van der Waals surface area contributed by atoms with E-state index < -0.39 is 0 Å². The van der Waals surface area contributed by atoms with Gasteiger partial charge in [-0.1, -0.05) is 52.7 Å². The molecule has 1 aromatic heterocycles. The monoisotopic (exact) mass is 360 g/mol. The molecule has 0 bridgehead atoms. The summed E-state index contributed by atoms with van der Waals surface area (Å²) in [6, 6.07) is 11.4. The Morgan fingerprint density at radius 1 is 1.25 bits per heavy atom. The molecule has 0 saturated carbocycles. The average Bonchev–Trinajstić information content (AvgIpc) is 2.87. The van der Waals surface area contributed by atoms with E-state index in [-0.39, 0.29) is 0 Å². The van der Waals surface area contributed by atoms with Crippen molar-refractivity contribution < 1.29 is 0 Å². The van der Waals surface area contributed by atoms with Gasteiger partial charge in [-0.3, -0.25) is 4.68 Å². The SMILES string of the molecule is Cn1nc2c(-c3ccc(Cl)cc3Cl)cccc2c1CN/C=N\N=N. The fourth-order valence-corrected chi connectivity index (χ4v) is 3.13. The van der Waals surface area contributed by atoms with Gasteiger partial charge in [0.1, 0.15) is 11.9 Å². The molecule has 6 nitrogen and oxygen atoms in total. The van der Waals surface area contributed by atoms with Crippen molar-refractivity contribution in [1.29, 1.82) is 5.53 Å². The molecule has 0 aliphatic carbocycles. The Kier molecular flexibility index (Phi) is 4.78. The van der Waals surface area contributed by atoms with Crippen molar-refractivity contribution in [2.75, 3.05) is 0 Å². The highest BCUT2D eigenvalue weighted by atomic mass is 35.5. The number of halogens is 2. The number of rotatable bonds is 5. The molecular formula is C16H14Cl2N6. The minimum Gasteiger partial charge on any atom is -0.369 e. The molecule has 2 N–H and O–H groups in total. The molecule has 122 valence electrons. The van der Waals surface area contributed by atoms with Crippen LogP contribution in [0.25, 0.3) is 22.0 Å². The lowest BCUT2D eigenvalue weighted by molar-refractivity contribution is 0.704. The maximum atomic E-state index is 6.64. The summed E-state index contributed by atoms with van der Waals surface area (Å²) in [5.74, 6) is 0. The summed E-state index contributed by atoms with van der Waals surface area (Å²) in [5, 5.41) is 16.2. The van der Waals surface area contributed by atoms with Crippen LogP contribution in [-0.4, -0.2) is 16.1 Å². The topological polar surface area (TPSA) is 78.4 Å². The van der Waals surface area contributed by atoms with Crippen molar-refractivity contribution >= 4 is 40.4 Å². The normalized spacial score (nSPS) is 11.3. The molecule has 0 radical (unpaired) electrons. The number of aryl methyl sites for hydroxylation is 1. The highest BCUT2D eigenvalue weighted by Crippen LogP contribution is 2.35. The van der Waals surface area contributed by atoms with Crippen molar-refractivity contribution in [3.63, 3.8) is 0 Å². The maximum absolute atomic E-state index is 6.64. The van der Waals surface area contributed by atoms with E-state index >= 15 is 0 Å². The van der Waals surface area contributed by atoms with E-state index in [0.717, 1.165) is 27.7 Å². The van der Waals surface area contributed by atoms with Crippen LogP contribution in [0.4, 0.5) is 0 Å². The molecule has 0 aliphatic heterocycles. The lowest BCUT2D eigenvalue weighted by Gasteiger charge is -2.06. The number of benzene rings is 2. The predicted octanol–water partition coefficient (Wildman–Crippen LogP) is 4.61. The van der Waals surface area contributed by atoms with E-state index in [1.807, 2.05) is 42.1 Å². The van der Waals surface area contributed by atoms with Crippen LogP contribution in [0.2, 0.25) is 10.0 Å². The third-order valence-corrected chi connectivity index (χ3v) is 4.23. The fourth-order valence-electron chi connectivity index (χ4n) is 2.62. The van der Waals surface area contributed by atoms with E-state index in [1.54, 1.807) is 6.07 Å². The van der Waals surface area contributed by atoms with Gasteiger partial charge in [0.05, 0.1) is 12.2 Å². The Balaban J connectivity index is 2.08. The first-order valence-corrected chi connectivity index (χ1v) is 7.89. The van der Waals surface area contributed by atoms with Crippen molar-refractivity contribution in [3.8, 4) is 11.1 Å². The Morgan fingerprint density at radius 3 is 2.83 bits per heavy atom. The van der Waals surface area contributed by atoms with Gasteiger partial charge in [0, 0.05) is 33.6 Å². The molecule has 2 aromatic carbocycles. The second kappa shape index (κ2) is 6.98. The van der Waals surface area contributed by atoms with Gasteiger partial charge in [0.15, 0.2) is 0 Å². The highest BCUT2D eigenvalue weighted by Gasteiger charge is 2.14. The Bertz CT molecular complexity index is 932. The zero-order chi connectivity index (χ0) is 17.1. The molecular weight excluding hydrogens is 347 g/mol. The van der Waals surface area contributed by atoms with Crippen LogP contribution < -0.4 is 5.32 Å². The summed E-state index contributed by atoms with van der Waals surface area (Å²) in [4.78, 5) is 0. The average molecular weight is 361 g/mol. The molecule has 24 heavy (non-hydrogen) atoms. The molecule has 0 amide bonds. The molecule has 3 rings (SSSR count). The molecule has 0 spiro atoms. The summed E-state index contributed by atoms with van der Waals surface area (Å²) in [5.41, 5.74) is 10.3. The Hall–Kier alpha value is -2.44. The summed E-state index contributed by atoms with van der Waals surface area (Å²) < 4.78 is 1.82. The van der Waals surface area contributed by atoms with Gasteiger partial charge in [0.2, 0.25) is 0 Å². The van der Waals surface area contributed by atoms with Crippen molar-refractivity contribution in [1.82, 2.24) is 15.1 Å². The number of nitrogens with one attached hydrogen (secondary N) is 2. The number of hydrogen-bond acceptors (Lipinski definition) is 3. The molecule has 0 unspecified atom stereocenters. The lowest BCUT2D eigenvalue weighted by atomic mass is 10.0. The van der Waals surface area contributed by atoms with Gasteiger partial charge in [-0.2, -0.15) is 10.6 Å². The summed E-state index contributed by atoms with van der Waals surface area (Å²) in [6.45, 7) is 0.518. The number of aromatic nitrogens is 2. The number of fused-ring (bicyclic) bond motifs is 1. The van der Waals surface area contributed by atoms with Gasteiger partial charge in [-0.25, -0.2) is 0 Å². The quantitative estimate of drug-likeness (QED) is 0.301. The summed E-state index contributed by atoms with van der Waals surface area (Å²) in [6.07, 6.45) is 1.38. The fraction of sp³-hybridized carbons (Fsp3) is 0.125. The molecule has 0 saturated heterocycles. The maximum Gasteiger partial charge on any atom is 0.113 e. The van der Waals surface area contributed by atoms with Gasteiger partial charge in [0.25, 0.3) is 0 Å². The molecule has 0 fully saturated rings. The Labute approximate surface area is 148 Å². The van der Waals surface area contributed by atoms with Gasteiger partial charge < -0.3 is 5.32 Å². The number of nitrogens with zero attached hydrogens (tertiary/aromatic N) is 4. The smallest absolute Gasteiger partial charge is 0.113 e. The summed E-state index contributed by atoms with van der Waals surface area (Å²) >= 11 is 12.3. The summed E-state index contributed by atoms with van der Waals surface area (Å²) in [7, 11) is 1.89. The van der Waals surface area contributed by atoms with Crippen LogP contribution in [0.5, 0.6) is 0 Å². The third kappa shape index (κ3) is 3.11. The molecule has 8 heteroatoms. The van der Waals surface area contributed by atoms with E-state index in [0.29, 0.717) is 16.6 Å². The van der Waals surface area contributed by atoms with Crippen LogP contribution in [0.3, 0.4) is 0 Å².